The Morgan fingerprint density at radius 1 is 1.03 bits per heavy atom. The number of thioether (sulfide) groups is 1. The minimum absolute atomic E-state index is 0.357. The largest absolute Gasteiger partial charge is 0.497 e. The fourth-order valence-corrected chi connectivity index (χ4v) is 4.42. The first-order valence-electron chi connectivity index (χ1n) is 10.6. The zero-order valence-electron chi connectivity index (χ0n) is 18.4. The number of halogens is 1. The van der Waals surface area contributed by atoms with Gasteiger partial charge in [0, 0.05) is 21.2 Å². The standard InChI is InChI=1S/C26H26BrNO4S/c1-30-23-15-12-20(13-16-23)7-4-5-18-31-32-26(29)17-14-21-8-6-9-22(28-21)19-33-25-11-3-2-10-24(25)27/h2-3,6,8-17H,4-5,7,18-19H2,1H3. The minimum atomic E-state index is -0.556. The van der Waals surface area contributed by atoms with Crippen LogP contribution in [-0.2, 0) is 26.7 Å². The quantitative estimate of drug-likeness (QED) is 0.0862. The Morgan fingerprint density at radius 3 is 2.64 bits per heavy atom. The van der Waals surface area contributed by atoms with Crippen molar-refractivity contribution in [2.24, 2.45) is 0 Å². The maximum Gasteiger partial charge on any atom is 0.366 e. The molecule has 5 nitrogen and oxygen atoms in total. The van der Waals surface area contributed by atoms with Crippen molar-refractivity contribution < 1.29 is 19.3 Å². The summed E-state index contributed by atoms with van der Waals surface area (Å²) < 4.78 is 6.22. The van der Waals surface area contributed by atoms with Crippen LogP contribution in [0, 0.1) is 0 Å². The van der Waals surface area contributed by atoms with E-state index in [0.29, 0.717) is 12.3 Å². The minimum Gasteiger partial charge on any atom is -0.497 e. The van der Waals surface area contributed by atoms with Gasteiger partial charge in [0.25, 0.3) is 0 Å². The number of carbonyl (C=O) groups excluding carboxylic acids is 1. The summed E-state index contributed by atoms with van der Waals surface area (Å²) in [7, 11) is 1.65. The lowest BCUT2D eigenvalue weighted by atomic mass is 10.1. The van der Waals surface area contributed by atoms with Crippen LogP contribution >= 0.6 is 27.7 Å². The van der Waals surface area contributed by atoms with E-state index >= 15 is 0 Å². The number of aromatic nitrogens is 1. The molecule has 0 unspecified atom stereocenters. The van der Waals surface area contributed by atoms with Gasteiger partial charge in [-0.3, -0.25) is 9.87 Å². The number of hydrogen-bond donors (Lipinski definition) is 0. The number of pyridine rings is 1. The molecular weight excluding hydrogens is 502 g/mol. The molecule has 0 amide bonds. The molecule has 0 saturated heterocycles. The highest BCUT2D eigenvalue weighted by molar-refractivity contribution is 9.10. The number of rotatable bonds is 12. The summed E-state index contributed by atoms with van der Waals surface area (Å²) in [5, 5.41) is 0. The number of aryl methyl sites for hydroxylation is 1. The van der Waals surface area contributed by atoms with Gasteiger partial charge in [-0.05, 0) is 83.2 Å². The van der Waals surface area contributed by atoms with Crippen molar-refractivity contribution in [3.05, 3.63) is 94.2 Å². The lowest BCUT2D eigenvalue weighted by molar-refractivity contribution is -0.267. The Morgan fingerprint density at radius 2 is 1.85 bits per heavy atom. The molecule has 1 aromatic heterocycles. The van der Waals surface area contributed by atoms with Crippen LogP contribution in [0.5, 0.6) is 5.75 Å². The third-order valence-corrected chi connectivity index (χ3v) is 6.73. The number of unbranched alkanes of at least 4 members (excludes halogenated alkanes) is 1. The Kier molecular flexibility index (Phi) is 10.5. The molecule has 3 aromatic rings. The van der Waals surface area contributed by atoms with E-state index in [1.54, 1.807) is 24.9 Å². The number of nitrogens with zero attached hydrogens (tertiary/aromatic N) is 1. The number of methoxy groups -OCH3 is 1. The van der Waals surface area contributed by atoms with E-state index < -0.39 is 5.97 Å². The first-order valence-corrected chi connectivity index (χ1v) is 12.4. The average molecular weight is 528 g/mol. The third kappa shape index (κ3) is 9.04. The third-order valence-electron chi connectivity index (χ3n) is 4.67. The summed E-state index contributed by atoms with van der Waals surface area (Å²) >= 11 is 5.26. The molecule has 3 rings (SSSR count). The molecule has 0 aliphatic carbocycles. The van der Waals surface area contributed by atoms with E-state index in [1.165, 1.54) is 11.6 Å². The second-order valence-corrected chi connectivity index (χ2v) is 9.01. The molecule has 0 saturated carbocycles. The van der Waals surface area contributed by atoms with Gasteiger partial charge in [-0.1, -0.05) is 30.3 Å². The predicted molar refractivity (Wildman–Crippen MR) is 135 cm³/mol. The van der Waals surface area contributed by atoms with Gasteiger partial charge in [-0.15, -0.1) is 11.8 Å². The summed E-state index contributed by atoms with van der Waals surface area (Å²) in [6, 6.07) is 21.8. The molecular formula is C26H26BrNO4S. The first kappa shape index (κ1) is 25.0. The van der Waals surface area contributed by atoms with E-state index in [2.05, 4.69) is 27.0 Å². The van der Waals surface area contributed by atoms with Crippen molar-refractivity contribution in [1.29, 1.82) is 0 Å². The molecule has 0 atom stereocenters. The monoisotopic (exact) mass is 527 g/mol. The van der Waals surface area contributed by atoms with E-state index in [4.69, 9.17) is 14.5 Å². The summed E-state index contributed by atoms with van der Waals surface area (Å²) in [5.74, 6) is 1.03. The van der Waals surface area contributed by atoms with Crippen molar-refractivity contribution in [2.75, 3.05) is 13.7 Å². The number of hydrogen-bond acceptors (Lipinski definition) is 6. The van der Waals surface area contributed by atoms with Gasteiger partial charge in [-0.25, -0.2) is 4.79 Å². The van der Waals surface area contributed by atoms with E-state index in [1.807, 2.05) is 60.7 Å². The lowest BCUT2D eigenvalue weighted by Gasteiger charge is -2.05. The first-order chi connectivity index (χ1) is 16.1. The van der Waals surface area contributed by atoms with Gasteiger partial charge < -0.3 is 4.74 Å². The van der Waals surface area contributed by atoms with Crippen molar-refractivity contribution in [1.82, 2.24) is 4.98 Å². The number of ether oxygens (including phenoxy) is 1. The molecule has 0 fully saturated rings. The van der Waals surface area contributed by atoms with Crippen LogP contribution in [0.15, 0.2) is 82.2 Å². The molecule has 33 heavy (non-hydrogen) atoms. The van der Waals surface area contributed by atoms with Gasteiger partial charge in [0.2, 0.25) is 0 Å². The summed E-state index contributed by atoms with van der Waals surface area (Å²) in [6.45, 7) is 0.357. The van der Waals surface area contributed by atoms with E-state index in [0.717, 1.165) is 45.8 Å². The number of benzene rings is 2. The second kappa shape index (κ2) is 13.8. The topological polar surface area (TPSA) is 57.7 Å². The van der Waals surface area contributed by atoms with Crippen molar-refractivity contribution in [3.8, 4) is 5.75 Å². The summed E-state index contributed by atoms with van der Waals surface area (Å²) in [5.41, 5.74) is 2.86. The fraction of sp³-hybridized carbons (Fsp3) is 0.231. The highest BCUT2D eigenvalue weighted by atomic mass is 79.9. The second-order valence-electron chi connectivity index (χ2n) is 7.14. The van der Waals surface area contributed by atoms with Gasteiger partial charge in [0.15, 0.2) is 0 Å². The van der Waals surface area contributed by atoms with Crippen LogP contribution in [0.1, 0.15) is 29.8 Å². The average Bonchev–Trinajstić information content (AvgIpc) is 2.85. The summed E-state index contributed by atoms with van der Waals surface area (Å²) in [4.78, 5) is 27.5. The molecule has 7 heteroatoms. The molecule has 0 aliphatic heterocycles. The molecule has 0 radical (unpaired) electrons. The van der Waals surface area contributed by atoms with Crippen molar-refractivity contribution in [2.45, 2.75) is 29.9 Å². The molecule has 172 valence electrons. The zero-order chi connectivity index (χ0) is 23.3. The van der Waals surface area contributed by atoms with Crippen LogP contribution in [0.4, 0.5) is 0 Å². The Bertz CT molecular complexity index is 1060. The van der Waals surface area contributed by atoms with Crippen LogP contribution in [0.25, 0.3) is 6.08 Å². The van der Waals surface area contributed by atoms with Crippen LogP contribution in [-0.4, -0.2) is 24.7 Å². The van der Waals surface area contributed by atoms with Crippen LogP contribution < -0.4 is 4.74 Å². The smallest absolute Gasteiger partial charge is 0.366 e. The Hall–Kier alpha value is -2.61. The van der Waals surface area contributed by atoms with E-state index in [9.17, 15) is 4.79 Å². The maximum atomic E-state index is 11.9. The SMILES string of the molecule is COc1ccc(CCCCOOC(=O)C=Cc2cccc(CSc3ccccc3Br)n2)cc1. The van der Waals surface area contributed by atoms with Crippen LogP contribution in [0.3, 0.4) is 0 Å². The maximum absolute atomic E-state index is 11.9. The van der Waals surface area contributed by atoms with Gasteiger partial charge >= 0.3 is 5.97 Å². The Labute approximate surface area is 207 Å². The number of carbonyl (C=O) groups is 1. The fourth-order valence-electron chi connectivity index (χ4n) is 2.95. The molecule has 0 aliphatic rings. The van der Waals surface area contributed by atoms with E-state index in [-0.39, 0.29) is 0 Å². The Balaban J connectivity index is 1.34. The van der Waals surface area contributed by atoms with Gasteiger partial charge in [0.1, 0.15) is 5.75 Å². The highest BCUT2D eigenvalue weighted by Crippen LogP contribution is 2.29. The molecule has 2 aromatic carbocycles. The summed E-state index contributed by atoms with van der Waals surface area (Å²) in [6.07, 6.45) is 5.62. The molecule has 0 bridgehead atoms. The van der Waals surface area contributed by atoms with Crippen LogP contribution in [0.2, 0.25) is 0 Å². The predicted octanol–water partition coefficient (Wildman–Crippen LogP) is 6.66. The molecule has 1 heterocycles. The normalized spacial score (nSPS) is 11.0. The lowest BCUT2D eigenvalue weighted by Crippen LogP contribution is -2.03. The molecule has 0 spiro atoms. The molecule has 0 N–H and O–H groups in total. The van der Waals surface area contributed by atoms with Crippen molar-refractivity contribution >= 4 is 39.7 Å². The van der Waals surface area contributed by atoms with Gasteiger partial charge in [0.05, 0.1) is 25.1 Å². The van der Waals surface area contributed by atoms with Crippen molar-refractivity contribution in [3.63, 3.8) is 0 Å². The zero-order valence-corrected chi connectivity index (χ0v) is 20.8. The highest BCUT2D eigenvalue weighted by Gasteiger charge is 2.03. The van der Waals surface area contributed by atoms with Gasteiger partial charge in [-0.2, -0.15) is 4.89 Å².